The van der Waals surface area contributed by atoms with Crippen LogP contribution in [-0.4, -0.2) is 52.5 Å². The van der Waals surface area contributed by atoms with E-state index in [1.807, 2.05) is 20.8 Å². The predicted molar refractivity (Wildman–Crippen MR) is 93.3 cm³/mol. The number of carbonyl (C=O) groups excluding carboxylic acids is 1. The van der Waals surface area contributed by atoms with Crippen LogP contribution >= 0.6 is 0 Å². The number of nitrogens with zero attached hydrogens (tertiary/aromatic N) is 2. The fourth-order valence-electron chi connectivity index (χ4n) is 2.87. The van der Waals surface area contributed by atoms with Crippen LogP contribution in [0.1, 0.15) is 63.4 Å². The van der Waals surface area contributed by atoms with Gasteiger partial charge in [0.1, 0.15) is 5.60 Å². The molecular weight excluding hydrogens is 340 g/mol. The number of carboxylic acids is 1. The van der Waals surface area contributed by atoms with E-state index in [0.29, 0.717) is 12.5 Å². The molecule has 0 saturated carbocycles. The Bertz CT molecular complexity index is 599. The van der Waals surface area contributed by atoms with E-state index in [1.54, 1.807) is 4.90 Å². The van der Waals surface area contributed by atoms with E-state index in [4.69, 9.17) is 14.6 Å². The molecule has 8 heteroatoms. The summed E-state index contributed by atoms with van der Waals surface area (Å²) in [6.07, 6.45) is 4.72. The summed E-state index contributed by atoms with van der Waals surface area (Å²) >= 11 is 0. The van der Waals surface area contributed by atoms with Gasteiger partial charge < -0.3 is 24.0 Å². The van der Waals surface area contributed by atoms with E-state index in [1.165, 1.54) is 6.07 Å². The Morgan fingerprint density at radius 2 is 2.00 bits per heavy atom. The average Bonchev–Trinajstić information content (AvgIpc) is 3.03. The highest BCUT2D eigenvalue weighted by Crippen LogP contribution is 2.24. The maximum atomic E-state index is 12.0. The molecular formula is C18H28N2O6. The van der Waals surface area contributed by atoms with Crippen LogP contribution in [0.3, 0.4) is 0 Å². The third-order valence-corrected chi connectivity index (χ3v) is 4.22. The van der Waals surface area contributed by atoms with E-state index in [0.717, 1.165) is 45.2 Å². The first-order chi connectivity index (χ1) is 12.2. The zero-order valence-corrected chi connectivity index (χ0v) is 15.7. The summed E-state index contributed by atoms with van der Waals surface area (Å²) in [5, 5.41) is 12.3. The molecule has 2 heterocycles. The zero-order valence-electron chi connectivity index (χ0n) is 15.7. The largest absolute Gasteiger partial charge is 0.475 e. The van der Waals surface area contributed by atoms with Crippen LogP contribution in [0.2, 0.25) is 0 Å². The maximum Gasteiger partial charge on any atom is 0.410 e. The van der Waals surface area contributed by atoms with Gasteiger partial charge in [-0.1, -0.05) is 6.42 Å². The van der Waals surface area contributed by atoms with Crippen LogP contribution in [0.4, 0.5) is 4.79 Å². The van der Waals surface area contributed by atoms with Crippen molar-refractivity contribution in [3.8, 4) is 5.88 Å². The number of rotatable bonds is 7. The number of hydrogen-bond acceptors (Lipinski definition) is 6. The number of amides is 1. The molecule has 26 heavy (non-hydrogen) atoms. The van der Waals surface area contributed by atoms with E-state index in [-0.39, 0.29) is 17.7 Å². The van der Waals surface area contributed by atoms with Crippen molar-refractivity contribution >= 4 is 12.1 Å². The monoisotopic (exact) mass is 368 g/mol. The molecule has 1 aliphatic rings. The number of carboxylic acid groups (broad SMARTS) is 1. The van der Waals surface area contributed by atoms with Gasteiger partial charge in [0.15, 0.2) is 0 Å². The Labute approximate surface area is 153 Å². The molecule has 1 aliphatic heterocycles. The smallest absolute Gasteiger partial charge is 0.410 e. The quantitative estimate of drug-likeness (QED) is 0.734. The van der Waals surface area contributed by atoms with Gasteiger partial charge in [-0.15, -0.1) is 0 Å². The zero-order chi connectivity index (χ0) is 19.2. The molecule has 1 amide bonds. The minimum Gasteiger partial charge on any atom is -0.475 e. The molecule has 1 saturated heterocycles. The van der Waals surface area contributed by atoms with Crippen LogP contribution in [0, 0.1) is 5.92 Å². The highest BCUT2D eigenvalue weighted by Gasteiger charge is 2.26. The van der Waals surface area contributed by atoms with Crippen LogP contribution in [0.25, 0.3) is 0 Å². The lowest BCUT2D eigenvalue weighted by Crippen LogP contribution is -2.41. The molecule has 1 aromatic heterocycles. The molecule has 0 aliphatic carbocycles. The highest BCUT2D eigenvalue weighted by molar-refractivity contribution is 5.84. The number of unbranched alkanes of at least 4 members (excludes halogenated alkanes) is 1. The lowest BCUT2D eigenvalue weighted by atomic mass is 9.92. The second-order valence-electron chi connectivity index (χ2n) is 7.59. The van der Waals surface area contributed by atoms with Crippen molar-refractivity contribution in [3.05, 3.63) is 11.8 Å². The van der Waals surface area contributed by atoms with E-state index in [9.17, 15) is 9.59 Å². The van der Waals surface area contributed by atoms with Gasteiger partial charge in [0.2, 0.25) is 5.76 Å². The molecule has 1 aromatic rings. The Balaban J connectivity index is 1.57. The Morgan fingerprint density at radius 1 is 1.31 bits per heavy atom. The van der Waals surface area contributed by atoms with Crippen molar-refractivity contribution in [1.29, 1.82) is 0 Å². The van der Waals surface area contributed by atoms with Gasteiger partial charge in [-0.05, 0) is 57.5 Å². The van der Waals surface area contributed by atoms with Crippen molar-refractivity contribution in [2.45, 2.75) is 58.5 Å². The fourth-order valence-corrected chi connectivity index (χ4v) is 2.87. The number of ether oxygens (including phenoxy) is 2. The third kappa shape index (κ3) is 6.57. The van der Waals surface area contributed by atoms with Gasteiger partial charge in [-0.25, -0.2) is 9.59 Å². The molecule has 0 aromatic carbocycles. The number of aromatic nitrogens is 1. The van der Waals surface area contributed by atoms with E-state index >= 15 is 0 Å². The van der Waals surface area contributed by atoms with Crippen LogP contribution in [0.15, 0.2) is 10.6 Å². The van der Waals surface area contributed by atoms with Gasteiger partial charge in [-0.2, -0.15) is 0 Å². The van der Waals surface area contributed by atoms with Crippen LogP contribution in [-0.2, 0) is 4.74 Å². The number of aromatic carboxylic acids is 1. The van der Waals surface area contributed by atoms with E-state index in [2.05, 4.69) is 9.68 Å². The van der Waals surface area contributed by atoms with Crippen molar-refractivity contribution in [2.24, 2.45) is 5.92 Å². The van der Waals surface area contributed by atoms with Gasteiger partial charge in [0.05, 0.1) is 12.7 Å². The molecule has 1 fully saturated rings. The summed E-state index contributed by atoms with van der Waals surface area (Å²) in [5.41, 5.74) is -0.455. The minimum atomic E-state index is -1.16. The average molecular weight is 368 g/mol. The standard InChI is InChI=1S/C18H28N2O6/c1-18(2,3)25-17(23)20-9-7-13(8-10-20)6-4-5-11-24-15-12-14(16(21)22)26-19-15/h12-13H,4-11H2,1-3H3,(H,21,22). The van der Waals surface area contributed by atoms with Gasteiger partial charge >= 0.3 is 12.1 Å². The highest BCUT2D eigenvalue weighted by atomic mass is 16.6. The fraction of sp³-hybridized carbons (Fsp3) is 0.722. The predicted octanol–water partition coefficient (Wildman–Crippen LogP) is 3.57. The summed E-state index contributed by atoms with van der Waals surface area (Å²) in [7, 11) is 0. The third-order valence-electron chi connectivity index (χ3n) is 4.22. The molecule has 0 atom stereocenters. The van der Waals surface area contributed by atoms with E-state index < -0.39 is 11.6 Å². The summed E-state index contributed by atoms with van der Waals surface area (Å²) in [5.74, 6) is -0.575. The first-order valence-corrected chi connectivity index (χ1v) is 9.05. The molecule has 2 rings (SSSR count). The van der Waals surface area contributed by atoms with Crippen molar-refractivity contribution < 1.29 is 28.7 Å². The maximum absolute atomic E-state index is 12.0. The lowest BCUT2D eigenvalue weighted by molar-refractivity contribution is 0.0180. The second-order valence-corrected chi connectivity index (χ2v) is 7.59. The van der Waals surface area contributed by atoms with Gasteiger partial charge in [0, 0.05) is 13.1 Å². The van der Waals surface area contributed by atoms with Gasteiger partial charge in [-0.3, -0.25) is 0 Å². The van der Waals surface area contributed by atoms with Crippen LogP contribution in [0.5, 0.6) is 5.88 Å². The molecule has 1 N–H and O–H groups in total. The number of likely N-dealkylation sites (tertiary alicyclic amines) is 1. The number of piperidine rings is 1. The normalized spacial score (nSPS) is 15.7. The first kappa shape index (κ1) is 20.1. The Kier molecular flexibility index (Phi) is 6.88. The molecule has 0 spiro atoms. The van der Waals surface area contributed by atoms with Crippen molar-refractivity contribution in [1.82, 2.24) is 10.1 Å². The summed E-state index contributed by atoms with van der Waals surface area (Å²) < 4.78 is 15.4. The molecule has 0 radical (unpaired) electrons. The summed E-state index contributed by atoms with van der Waals surface area (Å²) in [6, 6.07) is 1.27. The topological polar surface area (TPSA) is 102 Å². The summed E-state index contributed by atoms with van der Waals surface area (Å²) in [6.45, 7) is 7.59. The van der Waals surface area contributed by atoms with Crippen molar-refractivity contribution in [2.75, 3.05) is 19.7 Å². The number of hydrogen-bond donors (Lipinski definition) is 1. The Hall–Kier alpha value is -2.25. The lowest BCUT2D eigenvalue weighted by Gasteiger charge is -2.33. The SMILES string of the molecule is CC(C)(C)OC(=O)N1CCC(CCCCOc2cc(C(=O)O)on2)CC1. The van der Waals surface area contributed by atoms with Gasteiger partial charge in [0.25, 0.3) is 5.88 Å². The Morgan fingerprint density at radius 3 is 2.58 bits per heavy atom. The first-order valence-electron chi connectivity index (χ1n) is 9.05. The van der Waals surface area contributed by atoms with Crippen LogP contribution < -0.4 is 4.74 Å². The second kappa shape index (κ2) is 8.91. The molecule has 0 bridgehead atoms. The number of carbonyl (C=O) groups is 2. The minimum absolute atomic E-state index is 0.202. The molecule has 8 nitrogen and oxygen atoms in total. The molecule has 0 unspecified atom stereocenters. The molecule has 146 valence electrons. The summed E-state index contributed by atoms with van der Waals surface area (Å²) in [4.78, 5) is 24.5. The van der Waals surface area contributed by atoms with Crippen molar-refractivity contribution in [3.63, 3.8) is 0 Å².